The third kappa shape index (κ3) is 1.83. The number of thiazole rings is 1. The van der Waals surface area contributed by atoms with Gasteiger partial charge in [-0.3, -0.25) is 4.68 Å². The van der Waals surface area contributed by atoms with Gasteiger partial charge in [-0.2, -0.15) is 5.10 Å². The molecule has 0 bridgehead atoms. The molecule has 0 aliphatic heterocycles. The Morgan fingerprint density at radius 3 is 3.07 bits per heavy atom. The molecule has 1 N–H and O–H groups in total. The predicted molar refractivity (Wildman–Crippen MR) is 57.1 cm³/mol. The number of nitrogens with zero attached hydrogens (tertiary/aromatic N) is 3. The van der Waals surface area contributed by atoms with Crippen molar-refractivity contribution in [2.24, 2.45) is 7.05 Å². The summed E-state index contributed by atoms with van der Waals surface area (Å²) in [6, 6.07) is 1.97. The van der Waals surface area contributed by atoms with E-state index in [9.17, 15) is 0 Å². The van der Waals surface area contributed by atoms with E-state index < -0.39 is 0 Å². The second kappa shape index (κ2) is 3.89. The van der Waals surface area contributed by atoms with E-state index in [-0.39, 0.29) is 0 Å². The molecule has 14 heavy (non-hydrogen) atoms. The van der Waals surface area contributed by atoms with Gasteiger partial charge in [-0.1, -0.05) is 0 Å². The molecule has 0 aromatic carbocycles. The minimum atomic E-state index is 0.866. The van der Waals surface area contributed by atoms with Crippen LogP contribution in [-0.4, -0.2) is 21.8 Å². The Morgan fingerprint density at radius 1 is 1.57 bits per heavy atom. The zero-order chi connectivity index (χ0) is 9.97. The highest BCUT2D eigenvalue weighted by atomic mass is 32.1. The average molecular weight is 208 g/mol. The van der Waals surface area contributed by atoms with Crippen LogP contribution >= 0.6 is 11.3 Å². The van der Waals surface area contributed by atoms with Crippen molar-refractivity contribution >= 4 is 11.3 Å². The predicted octanol–water partition coefficient (Wildman–Crippen LogP) is 1.26. The first-order valence-electron chi connectivity index (χ1n) is 4.39. The van der Waals surface area contributed by atoms with Gasteiger partial charge in [0.1, 0.15) is 10.7 Å². The largest absolute Gasteiger partial charge is 0.315 e. The summed E-state index contributed by atoms with van der Waals surface area (Å²) in [7, 11) is 3.84. The maximum atomic E-state index is 4.32. The minimum absolute atomic E-state index is 0.866. The van der Waals surface area contributed by atoms with Crippen molar-refractivity contribution in [3.05, 3.63) is 23.3 Å². The second-order valence-corrected chi connectivity index (χ2v) is 4.15. The minimum Gasteiger partial charge on any atom is -0.315 e. The average Bonchev–Trinajstić information content (AvgIpc) is 2.74. The molecule has 0 aliphatic carbocycles. The van der Waals surface area contributed by atoms with E-state index in [1.165, 1.54) is 4.88 Å². The Labute approximate surface area is 86.6 Å². The molecule has 0 amide bonds. The van der Waals surface area contributed by atoms with E-state index in [1.54, 1.807) is 16.0 Å². The van der Waals surface area contributed by atoms with Crippen molar-refractivity contribution < 1.29 is 0 Å². The second-order valence-electron chi connectivity index (χ2n) is 3.04. The maximum Gasteiger partial charge on any atom is 0.143 e. The molecule has 0 spiro atoms. The fraction of sp³-hybridized carbons (Fsp3) is 0.333. The van der Waals surface area contributed by atoms with E-state index in [0.29, 0.717) is 0 Å². The summed E-state index contributed by atoms with van der Waals surface area (Å²) < 4.78 is 1.79. The van der Waals surface area contributed by atoms with Gasteiger partial charge < -0.3 is 5.32 Å². The molecule has 0 radical (unpaired) electrons. The van der Waals surface area contributed by atoms with Crippen LogP contribution in [0.15, 0.2) is 18.5 Å². The first kappa shape index (κ1) is 9.36. The van der Waals surface area contributed by atoms with Crippen molar-refractivity contribution in [2.45, 2.75) is 6.54 Å². The Hall–Kier alpha value is -1.20. The normalized spacial score (nSPS) is 10.7. The van der Waals surface area contributed by atoms with Gasteiger partial charge in [0.25, 0.3) is 0 Å². The third-order valence-electron chi connectivity index (χ3n) is 1.84. The fourth-order valence-electron chi connectivity index (χ4n) is 1.21. The lowest BCUT2D eigenvalue weighted by Gasteiger charge is -1.90. The SMILES string of the molecule is CNCc1cnc(-c2ccn(C)n2)s1. The van der Waals surface area contributed by atoms with Gasteiger partial charge in [0, 0.05) is 30.9 Å². The van der Waals surface area contributed by atoms with E-state index in [2.05, 4.69) is 15.4 Å². The van der Waals surface area contributed by atoms with Crippen LogP contribution in [0.1, 0.15) is 4.88 Å². The molecule has 0 saturated carbocycles. The monoisotopic (exact) mass is 208 g/mol. The standard InChI is InChI=1S/C9H12N4S/c1-10-5-7-6-11-9(14-7)8-3-4-13(2)12-8/h3-4,6,10H,5H2,1-2H3. The summed E-state index contributed by atoms with van der Waals surface area (Å²) in [4.78, 5) is 5.55. The topological polar surface area (TPSA) is 42.7 Å². The van der Waals surface area contributed by atoms with Crippen molar-refractivity contribution in [2.75, 3.05) is 7.05 Å². The summed E-state index contributed by atoms with van der Waals surface area (Å²) in [6.45, 7) is 0.866. The quantitative estimate of drug-likeness (QED) is 0.826. The number of hydrogen-bond donors (Lipinski definition) is 1. The van der Waals surface area contributed by atoms with Crippen molar-refractivity contribution in [1.82, 2.24) is 20.1 Å². The van der Waals surface area contributed by atoms with Gasteiger partial charge >= 0.3 is 0 Å². The van der Waals surface area contributed by atoms with Crippen molar-refractivity contribution in [3.63, 3.8) is 0 Å². The van der Waals surface area contributed by atoms with Gasteiger partial charge in [0.05, 0.1) is 0 Å². The van der Waals surface area contributed by atoms with E-state index in [4.69, 9.17) is 0 Å². The lowest BCUT2D eigenvalue weighted by molar-refractivity contribution is 0.770. The number of rotatable bonds is 3. The number of aromatic nitrogens is 3. The lowest BCUT2D eigenvalue weighted by atomic mass is 10.5. The third-order valence-corrected chi connectivity index (χ3v) is 2.86. The van der Waals surface area contributed by atoms with Crippen LogP contribution in [-0.2, 0) is 13.6 Å². The summed E-state index contributed by atoms with van der Waals surface area (Å²) in [5.41, 5.74) is 0.944. The van der Waals surface area contributed by atoms with Crippen molar-refractivity contribution in [3.8, 4) is 10.7 Å². The van der Waals surface area contributed by atoms with Gasteiger partial charge in [-0.25, -0.2) is 4.98 Å². The summed E-state index contributed by atoms with van der Waals surface area (Å²) in [5, 5.41) is 8.38. The molecular weight excluding hydrogens is 196 g/mol. The molecule has 0 fully saturated rings. The molecule has 2 heterocycles. The molecule has 74 valence electrons. The highest BCUT2D eigenvalue weighted by Gasteiger charge is 2.06. The molecule has 2 aromatic rings. The van der Waals surface area contributed by atoms with Crippen LogP contribution in [0.2, 0.25) is 0 Å². The van der Waals surface area contributed by atoms with Crippen LogP contribution in [0.3, 0.4) is 0 Å². The van der Waals surface area contributed by atoms with Crippen LogP contribution in [0, 0.1) is 0 Å². The summed E-state index contributed by atoms with van der Waals surface area (Å²) in [6.07, 6.45) is 3.82. The lowest BCUT2D eigenvalue weighted by Crippen LogP contribution is -2.02. The fourth-order valence-corrected chi connectivity index (χ4v) is 2.10. The molecule has 5 heteroatoms. The first-order chi connectivity index (χ1) is 6.79. The highest BCUT2D eigenvalue weighted by molar-refractivity contribution is 7.14. The van der Waals surface area contributed by atoms with Gasteiger partial charge in [0.15, 0.2) is 0 Å². The molecular formula is C9H12N4S. The Kier molecular flexibility index (Phi) is 2.60. The molecule has 0 unspecified atom stereocenters. The molecule has 2 rings (SSSR count). The summed E-state index contributed by atoms with van der Waals surface area (Å²) >= 11 is 1.67. The number of aryl methyl sites for hydroxylation is 1. The zero-order valence-electron chi connectivity index (χ0n) is 8.19. The molecule has 0 aliphatic rings. The molecule has 4 nitrogen and oxygen atoms in total. The van der Waals surface area contributed by atoms with Gasteiger partial charge in [-0.05, 0) is 13.1 Å². The van der Waals surface area contributed by atoms with Gasteiger partial charge in [0.2, 0.25) is 0 Å². The maximum absolute atomic E-state index is 4.32. The molecule has 0 saturated heterocycles. The summed E-state index contributed by atoms with van der Waals surface area (Å²) in [5.74, 6) is 0. The first-order valence-corrected chi connectivity index (χ1v) is 5.20. The smallest absolute Gasteiger partial charge is 0.143 e. The number of hydrogen-bond acceptors (Lipinski definition) is 4. The molecule has 0 atom stereocenters. The zero-order valence-corrected chi connectivity index (χ0v) is 9.01. The van der Waals surface area contributed by atoms with E-state index >= 15 is 0 Å². The van der Waals surface area contributed by atoms with Crippen LogP contribution < -0.4 is 5.32 Å². The molecule has 2 aromatic heterocycles. The van der Waals surface area contributed by atoms with Crippen molar-refractivity contribution in [1.29, 1.82) is 0 Å². The van der Waals surface area contributed by atoms with Crippen LogP contribution in [0.4, 0.5) is 0 Å². The number of nitrogens with one attached hydrogen (secondary N) is 1. The van der Waals surface area contributed by atoms with Crippen LogP contribution in [0.5, 0.6) is 0 Å². The Bertz CT molecular complexity index is 418. The van der Waals surface area contributed by atoms with Gasteiger partial charge in [-0.15, -0.1) is 11.3 Å². The Morgan fingerprint density at radius 2 is 2.43 bits per heavy atom. The Balaban J connectivity index is 2.24. The van der Waals surface area contributed by atoms with Crippen LogP contribution in [0.25, 0.3) is 10.7 Å². The van der Waals surface area contributed by atoms with E-state index in [1.807, 2.05) is 32.6 Å². The highest BCUT2D eigenvalue weighted by Crippen LogP contribution is 2.22. The van der Waals surface area contributed by atoms with E-state index in [0.717, 1.165) is 17.2 Å².